The first-order valence-electron chi connectivity index (χ1n) is 5.46. The molecule has 1 aliphatic carbocycles. The number of nitrogens with zero attached hydrogens (tertiary/aromatic N) is 1. The fourth-order valence-electron chi connectivity index (χ4n) is 2.46. The molecule has 2 atom stereocenters. The van der Waals surface area contributed by atoms with Crippen LogP contribution in [-0.4, -0.2) is 47.7 Å². The molecule has 0 radical (unpaired) electrons. The molecule has 4 heteroatoms. The highest BCUT2D eigenvalue weighted by atomic mass is 16.3. The van der Waals surface area contributed by atoms with Gasteiger partial charge in [0, 0.05) is 19.1 Å². The monoisotopic (exact) mass is 198 g/mol. The molecule has 0 spiro atoms. The van der Waals surface area contributed by atoms with Crippen LogP contribution < -0.4 is 5.32 Å². The molecule has 1 aliphatic heterocycles. The van der Waals surface area contributed by atoms with Crippen molar-refractivity contribution in [2.24, 2.45) is 0 Å². The van der Waals surface area contributed by atoms with Gasteiger partial charge in [-0.05, 0) is 12.8 Å². The smallest absolute Gasteiger partial charge is 0.234 e. The van der Waals surface area contributed by atoms with Gasteiger partial charge >= 0.3 is 0 Å². The summed E-state index contributed by atoms with van der Waals surface area (Å²) in [6.07, 6.45) is 4.00. The molecule has 2 fully saturated rings. The largest absolute Gasteiger partial charge is 0.391 e. The number of aliphatic hydroxyl groups excluding tert-OH is 1. The van der Waals surface area contributed by atoms with Crippen molar-refractivity contribution in [3.63, 3.8) is 0 Å². The fraction of sp³-hybridized carbons (Fsp3) is 0.900. The Balaban J connectivity index is 1.94. The van der Waals surface area contributed by atoms with Gasteiger partial charge in [-0.1, -0.05) is 12.8 Å². The van der Waals surface area contributed by atoms with Crippen molar-refractivity contribution in [1.29, 1.82) is 0 Å². The van der Waals surface area contributed by atoms with E-state index in [1.54, 1.807) is 0 Å². The normalized spacial score (nSPS) is 35.4. The van der Waals surface area contributed by atoms with E-state index in [4.69, 9.17) is 0 Å². The van der Waals surface area contributed by atoms with E-state index in [0.717, 1.165) is 32.4 Å². The zero-order valence-corrected chi connectivity index (χ0v) is 8.41. The SMILES string of the molecule is O=C1CN(C2CCCCC2O)CCN1. The molecular formula is C10H18N2O2. The summed E-state index contributed by atoms with van der Waals surface area (Å²) < 4.78 is 0. The predicted octanol–water partition coefficient (Wildman–Crippen LogP) is -0.278. The third-order valence-corrected chi connectivity index (χ3v) is 3.23. The number of hydrogen-bond donors (Lipinski definition) is 2. The summed E-state index contributed by atoms with van der Waals surface area (Å²) in [6, 6.07) is 0.217. The average Bonchev–Trinajstić information content (AvgIpc) is 2.18. The Hall–Kier alpha value is -0.610. The van der Waals surface area contributed by atoms with Gasteiger partial charge in [0.15, 0.2) is 0 Å². The van der Waals surface area contributed by atoms with Crippen LogP contribution in [0.3, 0.4) is 0 Å². The molecule has 0 aromatic rings. The lowest BCUT2D eigenvalue weighted by Gasteiger charge is -2.39. The van der Waals surface area contributed by atoms with Crippen molar-refractivity contribution in [1.82, 2.24) is 10.2 Å². The molecule has 0 aromatic heterocycles. The summed E-state index contributed by atoms with van der Waals surface area (Å²) in [7, 11) is 0. The van der Waals surface area contributed by atoms with Gasteiger partial charge in [0.1, 0.15) is 0 Å². The zero-order valence-electron chi connectivity index (χ0n) is 8.41. The number of carbonyl (C=O) groups is 1. The van der Waals surface area contributed by atoms with Crippen LogP contribution in [0, 0.1) is 0 Å². The summed E-state index contributed by atoms with van der Waals surface area (Å²) in [5.41, 5.74) is 0. The number of aliphatic hydroxyl groups is 1. The van der Waals surface area contributed by atoms with Crippen LogP contribution in [0.5, 0.6) is 0 Å². The number of nitrogens with one attached hydrogen (secondary N) is 1. The topological polar surface area (TPSA) is 52.6 Å². The van der Waals surface area contributed by atoms with Gasteiger partial charge in [0.05, 0.1) is 12.6 Å². The third-order valence-electron chi connectivity index (χ3n) is 3.23. The van der Waals surface area contributed by atoms with E-state index >= 15 is 0 Å². The minimum absolute atomic E-state index is 0.0917. The molecule has 4 nitrogen and oxygen atoms in total. The van der Waals surface area contributed by atoms with Crippen molar-refractivity contribution in [2.45, 2.75) is 37.8 Å². The lowest BCUT2D eigenvalue weighted by atomic mass is 9.91. The van der Waals surface area contributed by atoms with E-state index in [2.05, 4.69) is 10.2 Å². The van der Waals surface area contributed by atoms with Crippen molar-refractivity contribution >= 4 is 5.91 Å². The Morgan fingerprint density at radius 2 is 2.14 bits per heavy atom. The maximum absolute atomic E-state index is 11.2. The van der Waals surface area contributed by atoms with Crippen LogP contribution in [-0.2, 0) is 4.79 Å². The van der Waals surface area contributed by atoms with Crippen LogP contribution in [0.4, 0.5) is 0 Å². The van der Waals surface area contributed by atoms with Gasteiger partial charge in [-0.3, -0.25) is 9.69 Å². The Morgan fingerprint density at radius 1 is 1.36 bits per heavy atom. The summed E-state index contributed by atoms with van der Waals surface area (Å²) in [5, 5.41) is 12.6. The molecule has 1 saturated carbocycles. The van der Waals surface area contributed by atoms with E-state index in [-0.39, 0.29) is 18.1 Å². The van der Waals surface area contributed by atoms with Crippen LogP contribution in [0.1, 0.15) is 25.7 Å². The molecule has 1 heterocycles. The maximum atomic E-state index is 11.2. The summed E-state index contributed by atoms with van der Waals surface area (Å²) in [4.78, 5) is 13.3. The van der Waals surface area contributed by atoms with Crippen LogP contribution in [0.15, 0.2) is 0 Å². The van der Waals surface area contributed by atoms with Gasteiger partial charge < -0.3 is 10.4 Å². The lowest BCUT2D eigenvalue weighted by molar-refractivity contribution is -0.126. The summed E-state index contributed by atoms with van der Waals surface area (Å²) in [6.45, 7) is 2.07. The molecule has 2 rings (SSSR count). The average molecular weight is 198 g/mol. The molecular weight excluding hydrogens is 180 g/mol. The van der Waals surface area contributed by atoms with Crippen LogP contribution in [0.2, 0.25) is 0 Å². The molecule has 14 heavy (non-hydrogen) atoms. The molecule has 2 aliphatic rings. The zero-order chi connectivity index (χ0) is 9.97. The first-order chi connectivity index (χ1) is 6.77. The number of hydrogen-bond acceptors (Lipinski definition) is 3. The van der Waals surface area contributed by atoms with Gasteiger partial charge in [-0.25, -0.2) is 0 Å². The van der Waals surface area contributed by atoms with E-state index in [0.29, 0.717) is 6.54 Å². The fourth-order valence-corrected chi connectivity index (χ4v) is 2.46. The Bertz CT molecular complexity index is 220. The third kappa shape index (κ3) is 2.07. The van der Waals surface area contributed by atoms with Gasteiger partial charge in [-0.15, -0.1) is 0 Å². The predicted molar refractivity (Wildman–Crippen MR) is 52.8 cm³/mol. The molecule has 80 valence electrons. The standard InChI is InChI=1S/C10H18N2O2/c13-9-4-2-1-3-8(9)12-6-5-11-10(14)7-12/h8-9,13H,1-7H2,(H,11,14). The first kappa shape index (κ1) is 9.93. The second-order valence-corrected chi connectivity index (χ2v) is 4.24. The lowest BCUT2D eigenvalue weighted by Crippen LogP contribution is -2.55. The minimum atomic E-state index is -0.227. The second kappa shape index (κ2) is 4.28. The summed E-state index contributed by atoms with van der Waals surface area (Å²) in [5.74, 6) is 0.0917. The van der Waals surface area contributed by atoms with Crippen LogP contribution >= 0.6 is 0 Å². The van der Waals surface area contributed by atoms with Crippen molar-refractivity contribution < 1.29 is 9.90 Å². The minimum Gasteiger partial charge on any atom is -0.391 e. The quantitative estimate of drug-likeness (QED) is 0.609. The highest BCUT2D eigenvalue weighted by Gasteiger charge is 2.31. The van der Waals surface area contributed by atoms with E-state index in [1.807, 2.05) is 0 Å². The van der Waals surface area contributed by atoms with Crippen molar-refractivity contribution in [3.8, 4) is 0 Å². The number of amides is 1. The number of piperazine rings is 1. The van der Waals surface area contributed by atoms with Gasteiger partial charge in [0.25, 0.3) is 0 Å². The van der Waals surface area contributed by atoms with Crippen molar-refractivity contribution in [2.75, 3.05) is 19.6 Å². The van der Waals surface area contributed by atoms with Gasteiger partial charge in [-0.2, -0.15) is 0 Å². The summed E-state index contributed by atoms with van der Waals surface area (Å²) >= 11 is 0. The van der Waals surface area contributed by atoms with Crippen molar-refractivity contribution in [3.05, 3.63) is 0 Å². The first-order valence-corrected chi connectivity index (χ1v) is 5.46. The van der Waals surface area contributed by atoms with E-state index < -0.39 is 0 Å². The van der Waals surface area contributed by atoms with E-state index in [1.165, 1.54) is 6.42 Å². The molecule has 0 aromatic carbocycles. The Kier molecular flexibility index (Phi) is 3.03. The van der Waals surface area contributed by atoms with E-state index in [9.17, 15) is 9.90 Å². The van der Waals surface area contributed by atoms with Crippen LogP contribution in [0.25, 0.3) is 0 Å². The second-order valence-electron chi connectivity index (χ2n) is 4.24. The Morgan fingerprint density at radius 3 is 2.86 bits per heavy atom. The molecule has 1 saturated heterocycles. The highest BCUT2D eigenvalue weighted by Crippen LogP contribution is 2.23. The Labute approximate surface area is 84.3 Å². The number of rotatable bonds is 1. The maximum Gasteiger partial charge on any atom is 0.234 e. The molecule has 2 unspecified atom stereocenters. The molecule has 2 N–H and O–H groups in total. The molecule has 1 amide bonds. The van der Waals surface area contributed by atoms with Gasteiger partial charge in [0.2, 0.25) is 5.91 Å². The number of carbonyl (C=O) groups excluding carboxylic acids is 1. The molecule has 0 bridgehead atoms. The highest BCUT2D eigenvalue weighted by molar-refractivity contribution is 5.78.